The second kappa shape index (κ2) is 8.69. The highest BCUT2D eigenvalue weighted by Gasteiger charge is 2.47. The van der Waals surface area contributed by atoms with Crippen molar-refractivity contribution in [2.45, 2.75) is 45.8 Å². The van der Waals surface area contributed by atoms with Crippen molar-refractivity contribution in [1.29, 1.82) is 0 Å². The van der Waals surface area contributed by atoms with Crippen molar-refractivity contribution in [1.82, 2.24) is 14.8 Å². The molecule has 2 amide bonds. The monoisotopic (exact) mass is 433 g/mol. The SMILES string of the molecule is COc1ccc(CN2C(=O)c3cc4ccccc4n3C[C@]2(C)C(=O)NCCC(C)C)cc1. The van der Waals surface area contributed by atoms with Crippen molar-refractivity contribution < 1.29 is 14.3 Å². The molecule has 6 heteroatoms. The quantitative estimate of drug-likeness (QED) is 0.607. The van der Waals surface area contributed by atoms with E-state index >= 15 is 0 Å². The van der Waals surface area contributed by atoms with Gasteiger partial charge in [-0.2, -0.15) is 0 Å². The lowest BCUT2D eigenvalue weighted by Gasteiger charge is -2.44. The Kier molecular flexibility index (Phi) is 5.96. The first-order valence-corrected chi connectivity index (χ1v) is 11.1. The summed E-state index contributed by atoms with van der Waals surface area (Å²) in [7, 11) is 1.63. The molecule has 0 radical (unpaired) electrons. The molecule has 168 valence electrons. The zero-order chi connectivity index (χ0) is 22.9. The molecule has 2 heterocycles. The molecule has 1 aliphatic heterocycles. The van der Waals surface area contributed by atoms with Crippen molar-refractivity contribution >= 4 is 22.7 Å². The van der Waals surface area contributed by atoms with E-state index in [1.54, 1.807) is 12.0 Å². The normalized spacial score (nSPS) is 18.2. The van der Waals surface area contributed by atoms with Gasteiger partial charge in [-0.15, -0.1) is 0 Å². The molecule has 0 aliphatic carbocycles. The number of carbonyl (C=O) groups excluding carboxylic acids is 2. The topological polar surface area (TPSA) is 63.6 Å². The fourth-order valence-corrected chi connectivity index (χ4v) is 4.33. The van der Waals surface area contributed by atoms with Crippen LogP contribution in [0.1, 0.15) is 43.2 Å². The van der Waals surface area contributed by atoms with Crippen LogP contribution in [0.5, 0.6) is 5.75 Å². The molecule has 0 bridgehead atoms. The summed E-state index contributed by atoms with van der Waals surface area (Å²) in [6, 6.07) is 17.5. The lowest BCUT2D eigenvalue weighted by molar-refractivity contribution is -0.133. The first-order valence-electron chi connectivity index (χ1n) is 11.1. The Labute approximate surface area is 189 Å². The number of benzene rings is 2. The zero-order valence-corrected chi connectivity index (χ0v) is 19.2. The second-order valence-electron chi connectivity index (χ2n) is 9.13. The predicted octanol–water partition coefficient (Wildman–Crippen LogP) is 4.23. The molecule has 4 rings (SSSR count). The lowest BCUT2D eigenvalue weighted by atomic mass is 9.93. The standard InChI is InChI=1S/C26H31N3O3/c1-18(2)13-14-27-25(31)26(3)17-28-22-8-6-5-7-20(22)15-23(28)24(30)29(26)16-19-9-11-21(32-4)12-10-19/h5-12,15,18H,13-14,16-17H2,1-4H3,(H,27,31)/t26-/m1/s1. The first-order chi connectivity index (χ1) is 15.3. The Morgan fingerprint density at radius 1 is 1.16 bits per heavy atom. The van der Waals surface area contributed by atoms with E-state index in [-0.39, 0.29) is 11.8 Å². The summed E-state index contributed by atoms with van der Waals surface area (Å²) in [5.74, 6) is 0.993. The number of fused-ring (bicyclic) bond motifs is 3. The van der Waals surface area contributed by atoms with Gasteiger partial charge in [-0.25, -0.2) is 0 Å². The van der Waals surface area contributed by atoms with Gasteiger partial charge in [-0.05, 0) is 49.1 Å². The molecule has 3 aromatic rings. The van der Waals surface area contributed by atoms with Crippen molar-refractivity contribution in [3.8, 4) is 5.75 Å². The van der Waals surface area contributed by atoms with Crippen molar-refractivity contribution in [2.75, 3.05) is 13.7 Å². The van der Waals surface area contributed by atoms with Gasteiger partial charge >= 0.3 is 0 Å². The van der Waals surface area contributed by atoms with E-state index in [0.29, 0.717) is 31.2 Å². The molecular weight excluding hydrogens is 402 g/mol. The van der Waals surface area contributed by atoms with Gasteiger partial charge in [0.1, 0.15) is 17.0 Å². The maximum atomic E-state index is 13.7. The van der Waals surface area contributed by atoms with Crippen molar-refractivity contribution in [3.05, 3.63) is 65.9 Å². The molecule has 2 aromatic carbocycles. The van der Waals surface area contributed by atoms with Crippen LogP contribution in [0, 0.1) is 5.92 Å². The van der Waals surface area contributed by atoms with Crippen LogP contribution >= 0.6 is 0 Å². The third kappa shape index (κ3) is 3.97. The highest BCUT2D eigenvalue weighted by Crippen LogP contribution is 2.33. The molecule has 0 fully saturated rings. The molecule has 1 aliphatic rings. The second-order valence-corrected chi connectivity index (χ2v) is 9.13. The van der Waals surface area contributed by atoms with Gasteiger partial charge in [0.2, 0.25) is 5.91 Å². The molecule has 0 unspecified atom stereocenters. The van der Waals surface area contributed by atoms with E-state index < -0.39 is 5.54 Å². The fraction of sp³-hybridized carbons (Fsp3) is 0.385. The highest BCUT2D eigenvalue weighted by atomic mass is 16.5. The number of ether oxygens (including phenoxy) is 1. The molecule has 0 saturated heterocycles. The van der Waals surface area contributed by atoms with Gasteiger partial charge in [0.15, 0.2) is 0 Å². The van der Waals surface area contributed by atoms with Gasteiger partial charge in [0.25, 0.3) is 5.91 Å². The minimum atomic E-state index is -1.01. The minimum Gasteiger partial charge on any atom is -0.497 e. The number of amides is 2. The first kappa shape index (κ1) is 21.9. The molecular formula is C26H31N3O3. The van der Waals surface area contributed by atoms with Crippen molar-refractivity contribution in [2.24, 2.45) is 5.92 Å². The van der Waals surface area contributed by atoms with Crippen LogP contribution in [-0.4, -0.2) is 40.5 Å². The molecule has 0 spiro atoms. The Balaban J connectivity index is 1.72. The highest BCUT2D eigenvalue weighted by molar-refractivity contribution is 6.03. The number of nitrogens with one attached hydrogen (secondary N) is 1. The molecule has 1 aromatic heterocycles. The number of nitrogens with zero attached hydrogens (tertiary/aromatic N) is 2. The Hall–Kier alpha value is -3.28. The van der Waals surface area contributed by atoms with Crippen LogP contribution in [0.3, 0.4) is 0 Å². The fourth-order valence-electron chi connectivity index (χ4n) is 4.33. The number of methoxy groups -OCH3 is 1. The maximum Gasteiger partial charge on any atom is 0.271 e. The van der Waals surface area contributed by atoms with Crippen LogP contribution in [0.4, 0.5) is 0 Å². The smallest absolute Gasteiger partial charge is 0.271 e. The molecule has 1 N–H and O–H groups in total. The minimum absolute atomic E-state index is 0.122. The van der Waals surface area contributed by atoms with Crippen LogP contribution in [0.15, 0.2) is 54.6 Å². The summed E-state index contributed by atoms with van der Waals surface area (Å²) in [6.07, 6.45) is 0.895. The number of hydrogen-bond donors (Lipinski definition) is 1. The van der Waals surface area contributed by atoms with Gasteiger partial charge in [0, 0.05) is 24.0 Å². The Bertz CT molecular complexity index is 1130. The van der Waals surface area contributed by atoms with Crippen LogP contribution in [0.2, 0.25) is 0 Å². The molecule has 6 nitrogen and oxygen atoms in total. The summed E-state index contributed by atoms with van der Waals surface area (Å²) in [6.45, 7) is 7.48. The van der Waals surface area contributed by atoms with E-state index in [1.807, 2.05) is 66.1 Å². The lowest BCUT2D eigenvalue weighted by Crippen LogP contribution is -2.63. The summed E-state index contributed by atoms with van der Waals surface area (Å²) in [4.78, 5) is 28.9. The van der Waals surface area contributed by atoms with Crippen LogP contribution < -0.4 is 10.1 Å². The number of carbonyl (C=O) groups is 2. The van der Waals surface area contributed by atoms with E-state index in [9.17, 15) is 9.59 Å². The number of para-hydroxylation sites is 1. The summed E-state index contributed by atoms with van der Waals surface area (Å²) >= 11 is 0. The number of rotatable bonds is 7. The number of aromatic nitrogens is 1. The van der Waals surface area contributed by atoms with Gasteiger partial charge < -0.3 is 19.5 Å². The van der Waals surface area contributed by atoms with Gasteiger partial charge in [-0.1, -0.05) is 44.2 Å². The number of hydrogen-bond acceptors (Lipinski definition) is 3. The van der Waals surface area contributed by atoms with Crippen LogP contribution in [-0.2, 0) is 17.9 Å². The predicted molar refractivity (Wildman–Crippen MR) is 126 cm³/mol. The average Bonchev–Trinajstić information content (AvgIpc) is 3.15. The summed E-state index contributed by atoms with van der Waals surface area (Å²) in [5.41, 5.74) is 1.53. The third-order valence-electron chi connectivity index (χ3n) is 6.33. The van der Waals surface area contributed by atoms with Crippen molar-refractivity contribution in [3.63, 3.8) is 0 Å². The van der Waals surface area contributed by atoms with E-state index in [1.165, 1.54) is 0 Å². The molecule has 1 atom stereocenters. The Morgan fingerprint density at radius 2 is 1.88 bits per heavy atom. The largest absolute Gasteiger partial charge is 0.497 e. The Morgan fingerprint density at radius 3 is 2.56 bits per heavy atom. The van der Waals surface area contributed by atoms with E-state index in [4.69, 9.17) is 4.74 Å². The van der Waals surface area contributed by atoms with Gasteiger partial charge in [0.05, 0.1) is 13.7 Å². The summed E-state index contributed by atoms with van der Waals surface area (Å²) < 4.78 is 7.25. The molecule has 32 heavy (non-hydrogen) atoms. The van der Waals surface area contributed by atoms with Gasteiger partial charge in [-0.3, -0.25) is 9.59 Å². The molecule has 0 saturated carbocycles. The van der Waals surface area contributed by atoms with E-state index in [2.05, 4.69) is 19.2 Å². The summed E-state index contributed by atoms with van der Waals surface area (Å²) in [5, 5.41) is 4.09. The maximum absolute atomic E-state index is 13.7. The van der Waals surface area contributed by atoms with Crippen LogP contribution in [0.25, 0.3) is 10.9 Å². The average molecular weight is 434 g/mol. The zero-order valence-electron chi connectivity index (χ0n) is 19.2. The van der Waals surface area contributed by atoms with E-state index in [0.717, 1.165) is 28.6 Å². The third-order valence-corrected chi connectivity index (χ3v) is 6.33.